The first-order valence-electron chi connectivity index (χ1n) is 6.64. The monoisotopic (exact) mass is 272 g/mol. The van der Waals surface area contributed by atoms with Gasteiger partial charge in [-0.25, -0.2) is 0 Å². The molecule has 1 aliphatic rings. The number of nitrogens with zero attached hydrogens (tertiary/aromatic N) is 4. The SMILES string of the molecule is Cc1nnnn1-c1cccc(NC(=O)C2CCCN2)c1. The lowest BCUT2D eigenvalue weighted by Gasteiger charge is -2.12. The molecule has 2 heterocycles. The van der Waals surface area contributed by atoms with Gasteiger partial charge in [0.15, 0.2) is 5.82 Å². The number of anilines is 1. The molecule has 3 rings (SSSR count). The number of tetrazole rings is 1. The van der Waals surface area contributed by atoms with E-state index in [0.717, 1.165) is 30.8 Å². The molecule has 1 unspecified atom stereocenters. The van der Waals surface area contributed by atoms with Crippen molar-refractivity contribution >= 4 is 11.6 Å². The van der Waals surface area contributed by atoms with Crippen LogP contribution in [0.4, 0.5) is 5.69 Å². The first-order chi connectivity index (χ1) is 9.74. The van der Waals surface area contributed by atoms with Crippen molar-refractivity contribution in [2.24, 2.45) is 0 Å². The third-order valence-corrected chi connectivity index (χ3v) is 3.36. The Labute approximate surface area is 116 Å². The van der Waals surface area contributed by atoms with Gasteiger partial charge < -0.3 is 10.6 Å². The molecule has 104 valence electrons. The molecule has 1 aromatic carbocycles. The molecule has 0 saturated carbocycles. The number of carbonyl (C=O) groups excluding carboxylic acids is 1. The van der Waals surface area contributed by atoms with E-state index in [0.29, 0.717) is 5.82 Å². The molecule has 7 nitrogen and oxygen atoms in total. The zero-order valence-electron chi connectivity index (χ0n) is 11.2. The molecule has 1 aromatic heterocycles. The average Bonchev–Trinajstić information content (AvgIpc) is 3.10. The van der Waals surface area contributed by atoms with Crippen molar-refractivity contribution in [3.8, 4) is 5.69 Å². The smallest absolute Gasteiger partial charge is 0.241 e. The van der Waals surface area contributed by atoms with E-state index in [1.165, 1.54) is 0 Å². The maximum Gasteiger partial charge on any atom is 0.241 e. The van der Waals surface area contributed by atoms with Crippen LogP contribution in [0.3, 0.4) is 0 Å². The fourth-order valence-corrected chi connectivity index (χ4v) is 2.32. The van der Waals surface area contributed by atoms with Crippen LogP contribution in [0.5, 0.6) is 0 Å². The third-order valence-electron chi connectivity index (χ3n) is 3.36. The minimum atomic E-state index is -0.0894. The topological polar surface area (TPSA) is 84.7 Å². The van der Waals surface area contributed by atoms with E-state index in [1.54, 1.807) is 4.68 Å². The minimum absolute atomic E-state index is 0.00749. The van der Waals surface area contributed by atoms with Gasteiger partial charge in [-0.05, 0) is 54.9 Å². The molecular weight excluding hydrogens is 256 g/mol. The van der Waals surface area contributed by atoms with Crippen LogP contribution in [0.25, 0.3) is 5.69 Å². The van der Waals surface area contributed by atoms with E-state index in [9.17, 15) is 4.79 Å². The van der Waals surface area contributed by atoms with E-state index in [-0.39, 0.29) is 11.9 Å². The number of carbonyl (C=O) groups is 1. The fraction of sp³-hybridized carbons (Fsp3) is 0.385. The number of hydrogen-bond donors (Lipinski definition) is 2. The summed E-state index contributed by atoms with van der Waals surface area (Å²) in [6.45, 7) is 2.73. The van der Waals surface area contributed by atoms with Crippen LogP contribution in [-0.4, -0.2) is 38.7 Å². The summed E-state index contributed by atoms with van der Waals surface area (Å²) in [5, 5.41) is 17.5. The summed E-state index contributed by atoms with van der Waals surface area (Å²) in [6, 6.07) is 7.39. The molecule has 1 fully saturated rings. The van der Waals surface area contributed by atoms with E-state index < -0.39 is 0 Å². The second kappa shape index (κ2) is 5.38. The summed E-state index contributed by atoms with van der Waals surface area (Å²) in [5.41, 5.74) is 1.57. The zero-order chi connectivity index (χ0) is 13.9. The van der Waals surface area contributed by atoms with Gasteiger partial charge in [-0.2, -0.15) is 4.68 Å². The van der Waals surface area contributed by atoms with Gasteiger partial charge in [0.25, 0.3) is 0 Å². The normalized spacial score (nSPS) is 18.1. The summed E-state index contributed by atoms with van der Waals surface area (Å²) in [5.74, 6) is 0.707. The van der Waals surface area contributed by atoms with Crippen LogP contribution in [0.15, 0.2) is 24.3 Å². The largest absolute Gasteiger partial charge is 0.325 e. The van der Waals surface area contributed by atoms with Gasteiger partial charge in [-0.3, -0.25) is 4.79 Å². The van der Waals surface area contributed by atoms with Gasteiger partial charge in [-0.1, -0.05) is 6.07 Å². The molecule has 20 heavy (non-hydrogen) atoms. The maximum atomic E-state index is 12.1. The van der Waals surface area contributed by atoms with E-state index in [2.05, 4.69) is 26.2 Å². The first kappa shape index (κ1) is 12.7. The Hall–Kier alpha value is -2.28. The van der Waals surface area contributed by atoms with E-state index >= 15 is 0 Å². The summed E-state index contributed by atoms with van der Waals surface area (Å²) in [6.07, 6.45) is 1.93. The van der Waals surface area contributed by atoms with Gasteiger partial charge in [0, 0.05) is 5.69 Å². The lowest BCUT2D eigenvalue weighted by molar-refractivity contribution is -0.117. The van der Waals surface area contributed by atoms with Gasteiger partial charge in [-0.15, -0.1) is 5.10 Å². The Balaban J connectivity index is 1.78. The quantitative estimate of drug-likeness (QED) is 0.857. The van der Waals surface area contributed by atoms with Crippen LogP contribution in [0, 0.1) is 6.92 Å². The molecule has 1 atom stereocenters. The Morgan fingerprint density at radius 3 is 3.10 bits per heavy atom. The highest BCUT2D eigenvalue weighted by molar-refractivity contribution is 5.95. The number of nitrogens with one attached hydrogen (secondary N) is 2. The van der Waals surface area contributed by atoms with Crippen LogP contribution in [0.1, 0.15) is 18.7 Å². The second-order valence-corrected chi connectivity index (χ2v) is 4.83. The Kier molecular flexibility index (Phi) is 3.42. The zero-order valence-corrected chi connectivity index (χ0v) is 11.2. The summed E-state index contributed by atoms with van der Waals surface area (Å²) < 4.78 is 1.63. The molecule has 0 aliphatic carbocycles. The maximum absolute atomic E-state index is 12.1. The summed E-state index contributed by atoms with van der Waals surface area (Å²) >= 11 is 0. The highest BCUT2D eigenvalue weighted by Crippen LogP contribution is 2.16. The Morgan fingerprint density at radius 2 is 2.40 bits per heavy atom. The second-order valence-electron chi connectivity index (χ2n) is 4.83. The molecule has 0 spiro atoms. The molecule has 1 aliphatic heterocycles. The number of hydrogen-bond acceptors (Lipinski definition) is 5. The Morgan fingerprint density at radius 1 is 1.50 bits per heavy atom. The Bertz CT molecular complexity index is 617. The molecule has 2 aromatic rings. The van der Waals surface area contributed by atoms with Crippen LogP contribution < -0.4 is 10.6 Å². The number of aromatic nitrogens is 4. The standard InChI is InChI=1S/C13H16N6O/c1-9-16-17-18-19(9)11-5-2-4-10(8-11)15-13(20)12-6-3-7-14-12/h2,4-5,8,12,14H,3,6-7H2,1H3,(H,15,20). The van der Waals surface area contributed by atoms with Gasteiger partial charge in [0.1, 0.15) is 0 Å². The number of aryl methyl sites for hydroxylation is 1. The van der Waals surface area contributed by atoms with Crippen LogP contribution in [-0.2, 0) is 4.79 Å². The van der Waals surface area contributed by atoms with E-state index in [4.69, 9.17) is 0 Å². The molecular formula is C13H16N6O. The minimum Gasteiger partial charge on any atom is -0.325 e. The first-order valence-corrected chi connectivity index (χ1v) is 6.64. The average molecular weight is 272 g/mol. The number of benzene rings is 1. The lowest BCUT2D eigenvalue weighted by atomic mass is 10.2. The molecule has 2 N–H and O–H groups in total. The van der Waals surface area contributed by atoms with E-state index in [1.807, 2.05) is 31.2 Å². The van der Waals surface area contributed by atoms with Crippen molar-refractivity contribution in [2.75, 3.05) is 11.9 Å². The molecule has 7 heteroatoms. The van der Waals surface area contributed by atoms with Crippen molar-refractivity contribution in [3.63, 3.8) is 0 Å². The predicted molar refractivity (Wildman–Crippen MR) is 73.5 cm³/mol. The van der Waals surface area contributed by atoms with Crippen molar-refractivity contribution < 1.29 is 4.79 Å². The van der Waals surface area contributed by atoms with Gasteiger partial charge >= 0.3 is 0 Å². The lowest BCUT2D eigenvalue weighted by Crippen LogP contribution is -2.35. The highest BCUT2D eigenvalue weighted by atomic mass is 16.2. The van der Waals surface area contributed by atoms with Crippen molar-refractivity contribution in [2.45, 2.75) is 25.8 Å². The van der Waals surface area contributed by atoms with Crippen molar-refractivity contribution in [1.82, 2.24) is 25.5 Å². The predicted octanol–water partition coefficient (Wildman–Crippen LogP) is 0.661. The number of amides is 1. The highest BCUT2D eigenvalue weighted by Gasteiger charge is 2.21. The molecule has 0 bridgehead atoms. The van der Waals surface area contributed by atoms with Gasteiger partial charge in [0.05, 0.1) is 11.7 Å². The van der Waals surface area contributed by atoms with Gasteiger partial charge in [0.2, 0.25) is 5.91 Å². The molecule has 1 saturated heterocycles. The van der Waals surface area contributed by atoms with Crippen LogP contribution in [0.2, 0.25) is 0 Å². The summed E-state index contributed by atoms with van der Waals surface area (Å²) in [4.78, 5) is 12.1. The molecule has 0 radical (unpaired) electrons. The van der Waals surface area contributed by atoms with Crippen LogP contribution >= 0.6 is 0 Å². The number of rotatable bonds is 3. The van der Waals surface area contributed by atoms with Crippen molar-refractivity contribution in [1.29, 1.82) is 0 Å². The third kappa shape index (κ3) is 2.53. The summed E-state index contributed by atoms with van der Waals surface area (Å²) in [7, 11) is 0. The van der Waals surface area contributed by atoms with Crippen molar-refractivity contribution in [3.05, 3.63) is 30.1 Å². The molecule has 1 amide bonds. The fourth-order valence-electron chi connectivity index (χ4n) is 2.32.